The summed E-state index contributed by atoms with van der Waals surface area (Å²) in [7, 11) is 0. The zero-order valence-electron chi connectivity index (χ0n) is 12.2. The highest BCUT2D eigenvalue weighted by atomic mass is 16.5. The first kappa shape index (κ1) is 14.8. The van der Waals surface area contributed by atoms with Crippen LogP contribution >= 0.6 is 0 Å². The molecule has 2 rings (SSSR count). The van der Waals surface area contributed by atoms with Gasteiger partial charge in [0.05, 0.1) is 11.8 Å². The predicted octanol–water partition coefficient (Wildman–Crippen LogP) is 2.80. The van der Waals surface area contributed by atoms with Crippen LogP contribution in [0.4, 0.5) is 0 Å². The van der Waals surface area contributed by atoms with Crippen molar-refractivity contribution in [2.24, 2.45) is 10.9 Å². The molecule has 0 aliphatic rings. The summed E-state index contributed by atoms with van der Waals surface area (Å²) in [5.41, 5.74) is 8.13. The van der Waals surface area contributed by atoms with Gasteiger partial charge in [0.15, 0.2) is 5.84 Å². The highest BCUT2D eigenvalue weighted by Gasteiger charge is 2.13. The summed E-state index contributed by atoms with van der Waals surface area (Å²) < 4.78 is 5.81. The van der Waals surface area contributed by atoms with E-state index >= 15 is 0 Å². The fourth-order valence-corrected chi connectivity index (χ4v) is 1.83. The number of aromatic nitrogens is 2. The first-order valence-corrected chi connectivity index (χ1v) is 6.61. The minimum atomic E-state index is -0.0717. The van der Waals surface area contributed by atoms with Crippen LogP contribution in [0.15, 0.2) is 35.6 Å². The molecule has 0 spiro atoms. The van der Waals surface area contributed by atoms with E-state index in [-0.39, 0.29) is 11.7 Å². The average molecular weight is 286 g/mol. The van der Waals surface area contributed by atoms with Crippen molar-refractivity contribution in [3.8, 4) is 11.6 Å². The molecule has 0 saturated heterocycles. The zero-order valence-corrected chi connectivity index (χ0v) is 12.2. The third kappa shape index (κ3) is 3.28. The van der Waals surface area contributed by atoms with Crippen molar-refractivity contribution in [2.45, 2.75) is 26.7 Å². The van der Waals surface area contributed by atoms with Crippen LogP contribution in [0.1, 0.15) is 36.5 Å². The standard InChI is InChI=1S/C15H18N4O2/c1-9(2)11-5-4-10(3)13(8-11)21-15-12(14(16)19-20)6-7-17-18-15/h4-9,20H,1-3H3,(H2,16,19). The van der Waals surface area contributed by atoms with Crippen molar-refractivity contribution in [3.63, 3.8) is 0 Å². The van der Waals surface area contributed by atoms with Crippen LogP contribution in [0.25, 0.3) is 0 Å². The summed E-state index contributed by atoms with van der Waals surface area (Å²) in [5.74, 6) is 1.20. The Labute approximate surface area is 123 Å². The Kier molecular flexibility index (Phi) is 4.37. The van der Waals surface area contributed by atoms with Crippen LogP contribution in [-0.4, -0.2) is 21.2 Å². The highest BCUT2D eigenvalue weighted by Crippen LogP contribution is 2.29. The molecule has 0 aliphatic carbocycles. The van der Waals surface area contributed by atoms with Crippen molar-refractivity contribution < 1.29 is 9.94 Å². The Hall–Kier alpha value is -2.63. The van der Waals surface area contributed by atoms with Gasteiger partial charge in [0.2, 0.25) is 5.88 Å². The molecule has 0 aliphatic heterocycles. The van der Waals surface area contributed by atoms with Gasteiger partial charge in [-0.25, -0.2) is 0 Å². The van der Waals surface area contributed by atoms with E-state index in [1.807, 2.05) is 19.1 Å². The van der Waals surface area contributed by atoms with E-state index in [0.717, 1.165) is 11.1 Å². The van der Waals surface area contributed by atoms with Gasteiger partial charge >= 0.3 is 0 Å². The van der Waals surface area contributed by atoms with E-state index in [1.165, 1.54) is 6.20 Å². The predicted molar refractivity (Wildman–Crippen MR) is 79.9 cm³/mol. The lowest BCUT2D eigenvalue weighted by Gasteiger charge is -2.13. The van der Waals surface area contributed by atoms with Crippen LogP contribution in [-0.2, 0) is 0 Å². The number of hydrogen-bond donors (Lipinski definition) is 2. The molecule has 110 valence electrons. The van der Waals surface area contributed by atoms with E-state index in [1.54, 1.807) is 6.07 Å². The number of aryl methyl sites for hydroxylation is 1. The van der Waals surface area contributed by atoms with Gasteiger partial charge in [-0.1, -0.05) is 31.1 Å². The van der Waals surface area contributed by atoms with Gasteiger partial charge in [-0.3, -0.25) is 0 Å². The Morgan fingerprint density at radius 3 is 2.76 bits per heavy atom. The van der Waals surface area contributed by atoms with E-state index < -0.39 is 0 Å². The van der Waals surface area contributed by atoms with Gasteiger partial charge in [-0.15, -0.1) is 5.10 Å². The van der Waals surface area contributed by atoms with Crippen LogP contribution in [0.3, 0.4) is 0 Å². The SMILES string of the molecule is Cc1ccc(C(C)C)cc1Oc1nnccc1/C(N)=N/O. The molecule has 21 heavy (non-hydrogen) atoms. The smallest absolute Gasteiger partial charge is 0.250 e. The third-order valence-electron chi connectivity index (χ3n) is 3.16. The zero-order chi connectivity index (χ0) is 15.4. The number of oxime groups is 1. The second-order valence-corrected chi connectivity index (χ2v) is 5.02. The second kappa shape index (κ2) is 6.21. The maximum absolute atomic E-state index is 8.81. The Morgan fingerprint density at radius 1 is 1.33 bits per heavy atom. The van der Waals surface area contributed by atoms with Crippen LogP contribution < -0.4 is 10.5 Å². The van der Waals surface area contributed by atoms with Crippen LogP contribution in [0.5, 0.6) is 11.6 Å². The molecule has 0 saturated carbocycles. The Morgan fingerprint density at radius 2 is 2.10 bits per heavy atom. The lowest BCUT2D eigenvalue weighted by molar-refractivity contribution is 0.318. The minimum Gasteiger partial charge on any atom is -0.437 e. The quantitative estimate of drug-likeness (QED) is 0.390. The summed E-state index contributed by atoms with van der Waals surface area (Å²) in [6.07, 6.45) is 1.46. The van der Waals surface area contributed by atoms with Crippen molar-refractivity contribution in [1.29, 1.82) is 0 Å². The molecule has 0 amide bonds. The average Bonchev–Trinajstić information content (AvgIpc) is 2.49. The number of rotatable bonds is 4. The van der Waals surface area contributed by atoms with Gasteiger partial charge in [0, 0.05) is 0 Å². The number of ether oxygens (including phenoxy) is 1. The van der Waals surface area contributed by atoms with Crippen molar-refractivity contribution in [3.05, 3.63) is 47.2 Å². The van der Waals surface area contributed by atoms with E-state index in [9.17, 15) is 0 Å². The molecule has 1 aromatic carbocycles. The molecular weight excluding hydrogens is 268 g/mol. The number of hydrogen-bond acceptors (Lipinski definition) is 5. The van der Waals surface area contributed by atoms with Crippen molar-refractivity contribution >= 4 is 5.84 Å². The summed E-state index contributed by atoms with van der Waals surface area (Å²) >= 11 is 0. The molecule has 6 heteroatoms. The van der Waals surface area contributed by atoms with E-state index in [4.69, 9.17) is 15.7 Å². The molecule has 0 bridgehead atoms. The Bertz CT molecular complexity index is 668. The molecule has 1 aromatic heterocycles. The summed E-state index contributed by atoms with van der Waals surface area (Å²) in [6.45, 7) is 6.16. The lowest BCUT2D eigenvalue weighted by Crippen LogP contribution is -2.15. The fraction of sp³-hybridized carbons (Fsp3) is 0.267. The molecule has 3 N–H and O–H groups in total. The first-order chi connectivity index (χ1) is 10.0. The van der Waals surface area contributed by atoms with Gasteiger partial charge < -0.3 is 15.7 Å². The molecule has 0 unspecified atom stereocenters. The van der Waals surface area contributed by atoms with Gasteiger partial charge in [-0.05, 0) is 36.1 Å². The van der Waals surface area contributed by atoms with Crippen LogP contribution in [0.2, 0.25) is 0 Å². The number of benzene rings is 1. The number of nitrogens with zero attached hydrogens (tertiary/aromatic N) is 3. The molecule has 0 radical (unpaired) electrons. The number of nitrogens with two attached hydrogens (primary N) is 1. The summed E-state index contributed by atoms with van der Waals surface area (Å²) in [5, 5.41) is 19.5. The van der Waals surface area contributed by atoms with Crippen molar-refractivity contribution in [1.82, 2.24) is 10.2 Å². The Balaban J connectivity index is 2.41. The minimum absolute atomic E-state index is 0.0717. The summed E-state index contributed by atoms with van der Waals surface area (Å²) in [6, 6.07) is 7.60. The molecular formula is C15H18N4O2. The highest BCUT2D eigenvalue weighted by molar-refractivity contribution is 5.98. The molecule has 2 aromatic rings. The number of amidine groups is 1. The lowest BCUT2D eigenvalue weighted by atomic mass is 10.0. The topological polar surface area (TPSA) is 93.6 Å². The van der Waals surface area contributed by atoms with Crippen molar-refractivity contribution in [2.75, 3.05) is 0 Å². The molecule has 1 heterocycles. The molecule has 0 fully saturated rings. The molecule has 0 atom stereocenters. The van der Waals surface area contributed by atoms with Gasteiger partial charge in [0.25, 0.3) is 0 Å². The second-order valence-electron chi connectivity index (χ2n) is 5.02. The summed E-state index contributed by atoms with van der Waals surface area (Å²) in [4.78, 5) is 0. The normalized spacial score (nSPS) is 11.7. The van der Waals surface area contributed by atoms with Gasteiger partial charge in [-0.2, -0.15) is 5.10 Å². The fourth-order valence-electron chi connectivity index (χ4n) is 1.83. The largest absolute Gasteiger partial charge is 0.437 e. The van der Waals surface area contributed by atoms with E-state index in [2.05, 4.69) is 35.3 Å². The molecule has 6 nitrogen and oxygen atoms in total. The van der Waals surface area contributed by atoms with Crippen LogP contribution in [0, 0.1) is 6.92 Å². The maximum atomic E-state index is 8.81. The van der Waals surface area contributed by atoms with Gasteiger partial charge in [0.1, 0.15) is 5.75 Å². The van der Waals surface area contributed by atoms with E-state index in [0.29, 0.717) is 17.2 Å². The third-order valence-corrected chi connectivity index (χ3v) is 3.16. The maximum Gasteiger partial charge on any atom is 0.250 e. The monoisotopic (exact) mass is 286 g/mol. The first-order valence-electron chi connectivity index (χ1n) is 6.61.